The first-order chi connectivity index (χ1) is 13.2. The summed E-state index contributed by atoms with van der Waals surface area (Å²) in [6.45, 7) is 1.03. The van der Waals surface area contributed by atoms with E-state index in [2.05, 4.69) is 4.98 Å². The zero-order chi connectivity index (χ0) is 18.6. The van der Waals surface area contributed by atoms with E-state index in [-0.39, 0.29) is 0 Å². The number of ether oxygens (including phenoxy) is 1. The second kappa shape index (κ2) is 7.82. The molecule has 0 saturated carbocycles. The number of nitrogens with zero attached hydrogens (tertiary/aromatic N) is 2. The van der Waals surface area contributed by atoms with Crippen LogP contribution in [-0.2, 0) is 6.54 Å². The van der Waals surface area contributed by atoms with E-state index in [1.807, 2.05) is 71.3 Å². The van der Waals surface area contributed by atoms with Crippen molar-refractivity contribution < 1.29 is 9.84 Å². The Balaban J connectivity index is 1.61. The molecule has 27 heavy (non-hydrogen) atoms. The van der Waals surface area contributed by atoms with Crippen LogP contribution in [0.5, 0.6) is 5.75 Å². The Morgan fingerprint density at radius 2 is 1.63 bits per heavy atom. The summed E-state index contributed by atoms with van der Waals surface area (Å²) in [5.74, 6) is 1.37. The van der Waals surface area contributed by atoms with Gasteiger partial charge in [-0.1, -0.05) is 54.1 Å². The van der Waals surface area contributed by atoms with Gasteiger partial charge in [0.2, 0.25) is 0 Å². The number of imidazole rings is 1. The number of fused-ring (bicyclic) bond motifs is 1. The third kappa shape index (κ3) is 3.82. The van der Waals surface area contributed by atoms with Gasteiger partial charge in [0, 0.05) is 5.02 Å². The summed E-state index contributed by atoms with van der Waals surface area (Å²) >= 11 is 5.91. The summed E-state index contributed by atoms with van der Waals surface area (Å²) in [5.41, 5.74) is 2.64. The largest absolute Gasteiger partial charge is 0.492 e. The van der Waals surface area contributed by atoms with Gasteiger partial charge in [0.05, 0.1) is 17.6 Å². The Bertz CT molecular complexity index is 1030. The van der Waals surface area contributed by atoms with Crippen molar-refractivity contribution in [2.24, 2.45) is 0 Å². The van der Waals surface area contributed by atoms with Crippen LogP contribution in [0.3, 0.4) is 0 Å². The molecule has 0 amide bonds. The monoisotopic (exact) mass is 378 g/mol. The molecule has 3 aromatic carbocycles. The molecular formula is C22H19ClN2O2. The summed E-state index contributed by atoms with van der Waals surface area (Å²) in [7, 11) is 0. The van der Waals surface area contributed by atoms with Crippen LogP contribution in [0.1, 0.15) is 17.5 Å². The molecule has 4 nitrogen and oxygen atoms in total. The van der Waals surface area contributed by atoms with Gasteiger partial charge >= 0.3 is 0 Å². The molecule has 1 aromatic heterocycles. The minimum atomic E-state index is -0.797. The number of aliphatic hydroxyl groups excluding tert-OH is 1. The number of aromatic nitrogens is 2. The molecule has 0 radical (unpaired) electrons. The highest BCUT2D eigenvalue weighted by Gasteiger charge is 2.19. The fourth-order valence-electron chi connectivity index (χ4n) is 3.11. The molecule has 0 aliphatic heterocycles. The third-order valence-electron chi connectivity index (χ3n) is 4.44. The Morgan fingerprint density at radius 1 is 0.926 bits per heavy atom. The van der Waals surface area contributed by atoms with Gasteiger partial charge in [-0.3, -0.25) is 0 Å². The zero-order valence-corrected chi connectivity index (χ0v) is 15.4. The van der Waals surface area contributed by atoms with E-state index in [1.54, 1.807) is 12.1 Å². The highest BCUT2D eigenvalue weighted by molar-refractivity contribution is 6.30. The van der Waals surface area contributed by atoms with Crippen LogP contribution >= 0.6 is 11.6 Å². The SMILES string of the molecule is O[C@H](c1ccccc1)c1nc2ccccc2n1CCOc1ccc(Cl)cc1. The summed E-state index contributed by atoms with van der Waals surface area (Å²) < 4.78 is 7.85. The van der Waals surface area contributed by atoms with Gasteiger partial charge in [0.15, 0.2) is 0 Å². The zero-order valence-electron chi connectivity index (χ0n) is 14.6. The first-order valence-corrected chi connectivity index (χ1v) is 9.17. The molecule has 0 spiro atoms. The lowest BCUT2D eigenvalue weighted by Gasteiger charge is -2.15. The Kier molecular flexibility index (Phi) is 5.10. The number of aliphatic hydroxyl groups is 1. The third-order valence-corrected chi connectivity index (χ3v) is 4.69. The van der Waals surface area contributed by atoms with Crippen LogP contribution in [0.4, 0.5) is 0 Å². The van der Waals surface area contributed by atoms with Gasteiger partial charge < -0.3 is 14.4 Å². The minimum absolute atomic E-state index is 0.455. The maximum atomic E-state index is 10.9. The predicted molar refractivity (Wildman–Crippen MR) is 107 cm³/mol. The van der Waals surface area contributed by atoms with Gasteiger partial charge in [-0.05, 0) is 42.0 Å². The summed E-state index contributed by atoms with van der Waals surface area (Å²) in [5, 5.41) is 11.6. The van der Waals surface area contributed by atoms with Gasteiger partial charge in [0.1, 0.15) is 24.3 Å². The van der Waals surface area contributed by atoms with Gasteiger partial charge in [-0.25, -0.2) is 4.98 Å². The van der Waals surface area contributed by atoms with Crippen LogP contribution in [0.2, 0.25) is 5.02 Å². The molecule has 0 aliphatic carbocycles. The molecule has 0 aliphatic rings. The molecule has 1 atom stereocenters. The van der Waals surface area contributed by atoms with Gasteiger partial charge in [-0.15, -0.1) is 0 Å². The highest BCUT2D eigenvalue weighted by Crippen LogP contribution is 2.26. The van der Waals surface area contributed by atoms with E-state index in [0.717, 1.165) is 22.3 Å². The summed E-state index contributed by atoms with van der Waals surface area (Å²) in [6.07, 6.45) is -0.797. The number of halogens is 1. The van der Waals surface area contributed by atoms with Crippen LogP contribution < -0.4 is 4.74 Å². The van der Waals surface area contributed by atoms with Crippen molar-refractivity contribution in [3.63, 3.8) is 0 Å². The Hall–Kier alpha value is -2.82. The quantitative estimate of drug-likeness (QED) is 0.521. The van der Waals surface area contributed by atoms with Crippen molar-refractivity contribution in [2.75, 3.05) is 6.61 Å². The number of hydrogen-bond donors (Lipinski definition) is 1. The molecule has 0 fully saturated rings. The molecule has 0 unspecified atom stereocenters. The lowest BCUT2D eigenvalue weighted by atomic mass is 10.1. The van der Waals surface area contributed by atoms with Crippen molar-refractivity contribution in [1.82, 2.24) is 9.55 Å². The van der Waals surface area contributed by atoms with Crippen LogP contribution in [0, 0.1) is 0 Å². The van der Waals surface area contributed by atoms with E-state index in [4.69, 9.17) is 16.3 Å². The summed E-state index contributed by atoms with van der Waals surface area (Å²) in [4.78, 5) is 4.67. The fraction of sp³-hybridized carbons (Fsp3) is 0.136. The molecule has 1 heterocycles. The predicted octanol–water partition coefficient (Wildman–Crippen LogP) is 4.85. The van der Waals surface area contributed by atoms with Crippen molar-refractivity contribution in [2.45, 2.75) is 12.6 Å². The van der Waals surface area contributed by atoms with E-state index in [1.165, 1.54) is 0 Å². The van der Waals surface area contributed by atoms with E-state index in [0.29, 0.717) is 24.0 Å². The van der Waals surface area contributed by atoms with E-state index < -0.39 is 6.10 Å². The maximum Gasteiger partial charge on any atom is 0.143 e. The van der Waals surface area contributed by atoms with Crippen LogP contribution in [0.25, 0.3) is 11.0 Å². The fourth-order valence-corrected chi connectivity index (χ4v) is 3.23. The number of para-hydroxylation sites is 2. The standard InChI is InChI=1S/C22H19ClN2O2/c23-17-10-12-18(13-11-17)27-15-14-25-20-9-5-4-8-19(20)24-22(25)21(26)16-6-2-1-3-7-16/h1-13,21,26H,14-15H2/t21-/m1/s1. The normalized spacial score (nSPS) is 12.2. The minimum Gasteiger partial charge on any atom is -0.492 e. The molecule has 0 bridgehead atoms. The topological polar surface area (TPSA) is 47.3 Å². The maximum absolute atomic E-state index is 10.9. The second-order valence-corrected chi connectivity index (χ2v) is 6.66. The first-order valence-electron chi connectivity index (χ1n) is 8.79. The van der Waals surface area contributed by atoms with Gasteiger partial charge in [-0.2, -0.15) is 0 Å². The Morgan fingerprint density at radius 3 is 2.41 bits per heavy atom. The Labute approximate surface area is 162 Å². The molecule has 136 valence electrons. The number of hydrogen-bond acceptors (Lipinski definition) is 3. The van der Waals surface area contributed by atoms with Gasteiger partial charge in [0.25, 0.3) is 0 Å². The molecule has 5 heteroatoms. The highest BCUT2D eigenvalue weighted by atomic mass is 35.5. The first kappa shape index (κ1) is 17.6. The van der Waals surface area contributed by atoms with Crippen molar-refractivity contribution >= 4 is 22.6 Å². The molecule has 4 aromatic rings. The molecular weight excluding hydrogens is 360 g/mol. The number of rotatable bonds is 6. The summed E-state index contributed by atoms with van der Waals surface area (Å²) in [6, 6.07) is 24.7. The van der Waals surface area contributed by atoms with Crippen molar-refractivity contribution in [3.05, 3.63) is 95.3 Å². The number of benzene rings is 3. The average Bonchev–Trinajstić information content (AvgIpc) is 3.08. The lowest BCUT2D eigenvalue weighted by molar-refractivity contribution is 0.201. The molecule has 4 rings (SSSR count). The van der Waals surface area contributed by atoms with E-state index in [9.17, 15) is 5.11 Å². The molecule has 1 N–H and O–H groups in total. The van der Waals surface area contributed by atoms with Crippen LogP contribution in [0.15, 0.2) is 78.9 Å². The van der Waals surface area contributed by atoms with Crippen molar-refractivity contribution in [3.8, 4) is 5.75 Å². The van der Waals surface area contributed by atoms with Crippen LogP contribution in [-0.4, -0.2) is 21.3 Å². The lowest BCUT2D eigenvalue weighted by Crippen LogP contribution is -2.14. The smallest absolute Gasteiger partial charge is 0.143 e. The average molecular weight is 379 g/mol. The van der Waals surface area contributed by atoms with E-state index >= 15 is 0 Å². The molecule has 0 saturated heterocycles. The van der Waals surface area contributed by atoms with Crippen molar-refractivity contribution in [1.29, 1.82) is 0 Å². The second-order valence-electron chi connectivity index (χ2n) is 6.23.